The fourth-order valence-electron chi connectivity index (χ4n) is 2.58. The van der Waals surface area contributed by atoms with E-state index >= 15 is 0 Å². The van der Waals surface area contributed by atoms with E-state index in [1.807, 2.05) is 0 Å². The summed E-state index contributed by atoms with van der Waals surface area (Å²) in [6.45, 7) is 0.217. The predicted octanol–water partition coefficient (Wildman–Crippen LogP) is 1.29. The van der Waals surface area contributed by atoms with Crippen molar-refractivity contribution >= 4 is 22.6 Å². The third kappa shape index (κ3) is 1.46. The Kier molecular flexibility index (Phi) is 2.70. The Bertz CT molecular complexity index is 754. The monoisotopic (exact) mass is 272 g/mol. The zero-order valence-corrected chi connectivity index (χ0v) is 10.7. The molecule has 0 radical (unpaired) electrons. The fourth-order valence-corrected chi connectivity index (χ4v) is 2.58. The molecule has 2 amide bonds. The predicted molar refractivity (Wildman–Crippen MR) is 70.7 cm³/mol. The zero-order chi connectivity index (χ0) is 14.4. The normalized spacial score (nSPS) is 14.1. The van der Waals surface area contributed by atoms with Crippen molar-refractivity contribution < 1.29 is 19.5 Å². The number of ether oxygens (including phenoxy) is 1. The van der Waals surface area contributed by atoms with Crippen LogP contribution in [0.15, 0.2) is 24.3 Å². The standard InChI is InChI=1S/C14H12N2O4/c1-20-11-5-9-12-7(10(11)6-15)3-2-4-8(12)13(17)16(19)14(9)18/h2-5,19H,6,15H2,1H3. The van der Waals surface area contributed by atoms with Gasteiger partial charge in [-0.05, 0) is 17.5 Å². The Labute approximate surface area is 114 Å². The largest absolute Gasteiger partial charge is 0.496 e. The van der Waals surface area contributed by atoms with Gasteiger partial charge in [-0.1, -0.05) is 12.1 Å². The number of hydroxylamine groups is 2. The van der Waals surface area contributed by atoms with Crippen molar-refractivity contribution in [3.05, 3.63) is 41.0 Å². The first-order chi connectivity index (χ1) is 9.60. The number of nitrogens with zero attached hydrogens (tertiary/aromatic N) is 1. The molecule has 0 saturated carbocycles. The van der Waals surface area contributed by atoms with Gasteiger partial charge in [-0.3, -0.25) is 14.8 Å². The molecule has 6 nitrogen and oxygen atoms in total. The van der Waals surface area contributed by atoms with E-state index in [9.17, 15) is 14.8 Å². The Morgan fingerprint density at radius 2 is 1.95 bits per heavy atom. The van der Waals surface area contributed by atoms with E-state index in [4.69, 9.17) is 10.5 Å². The summed E-state index contributed by atoms with van der Waals surface area (Å²) in [6.07, 6.45) is 0. The average molecular weight is 272 g/mol. The summed E-state index contributed by atoms with van der Waals surface area (Å²) in [4.78, 5) is 24.0. The lowest BCUT2D eigenvalue weighted by Gasteiger charge is -2.23. The molecular formula is C14H12N2O4. The van der Waals surface area contributed by atoms with Crippen LogP contribution in [0, 0.1) is 0 Å². The Hall–Kier alpha value is -2.44. The van der Waals surface area contributed by atoms with Crippen molar-refractivity contribution in [3.8, 4) is 5.75 Å². The minimum atomic E-state index is -0.763. The van der Waals surface area contributed by atoms with E-state index < -0.39 is 11.8 Å². The molecule has 102 valence electrons. The molecule has 1 heterocycles. The van der Waals surface area contributed by atoms with Crippen molar-refractivity contribution in [1.29, 1.82) is 0 Å². The first kappa shape index (κ1) is 12.6. The number of nitrogens with two attached hydrogens (primary N) is 1. The smallest absolute Gasteiger partial charge is 0.285 e. The van der Waals surface area contributed by atoms with E-state index in [0.29, 0.717) is 16.5 Å². The number of methoxy groups -OCH3 is 1. The van der Waals surface area contributed by atoms with Gasteiger partial charge >= 0.3 is 0 Å². The molecule has 20 heavy (non-hydrogen) atoms. The van der Waals surface area contributed by atoms with Crippen LogP contribution in [-0.4, -0.2) is 29.2 Å². The number of imide groups is 1. The summed E-state index contributed by atoms with van der Waals surface area (Å²) >= 11 is 0. The number of carbonyl (C=O) groups is 2. The van der Waals surface area contributed by atoms with Gasteiger partial charge < -0.3 is 10.5 Å². The molecule has 0 bridgehead atoms. The molecule has 0 saturated heterocycles. The highest BCUT2D eigenvalue weighted by atomic mass is 16.5. The highest BCUT2D eigenvalue weighted by Gasteiger charge is 2.33. The van der Waals surface area contributed by atoms with E-state index in [1.165, 1.54) is 13.2 Å². The summed E-state index contributed by atoms with van der Waals surface area (Å²) in [6, 6.07) is 6.53. The molecule has 1 aliphatic rings. The number of carbonyl (C=O) groups excluding carboxylic acids is 2. The lowest BCUT2D eigenvalue weighted by atomic mass is 9.91. The highest BCUT2D eigenvalue weighted by Crippen LogP contribution is 2.36. The third-order valence-electron chi connectivity index (χ3n) is 3.50. The van der Waals surface area contributed by atoms with Crippen LogP contribution in [0.4, 0.5) is 0 Å². The van der Waals surface area contributed by atoms with Crippen LogP contribution < -0.4 is 10.5 Å². The van der Waals surface area contributed by atoms with Gasteiger partial charge in [0, 0.05) is 17.5 Å². The number of rotatable bonds is 2. The van der Waals surface area contributed by atoms with Crippen molar-refractivity contribution in [2.45, 2.75) is 6.54 Å². The molecular weight excluding hydrogens is 260 g/mol. The van der Waals surface area contributed by atoms with Crippen LogP contribution in [0.3, 0.4) is 0 Å². The number of hydrogen-bond donors (Lipinski definition) is 2. The van der Waals surface area contributed by atoms with Crippen LogP contribution in [0.25, 0.3) is 10.8 Å². The topological polar surface area (TPSA) is 92.9 Å². The van der Waals surface area contributed by atoms with Gasteiger partial charge in [0.2, 0.25) is 0 Å². The molecule has 3 N–H and O–H groups in total. The second-order valence-electron chi connectivity index (χ2n) is 4.46. The lowest BCUT2D eigenvalue weighted by molar-refractivity contribution is -0.0377. The van der Waals surface area contributed by atoms with Gasteiger partial charge in [0.15, 0.2) is 0 Å². The molecule has 1 aliphatic heterocycles. The first-order valence-corrected chi connectivity index (χ1v) is 6.00. The van der Waals surface area contributed by atoms with Crippen molar-refractivity contribution in [2.75, 3.05) is 7.11 Å². The molecule has 2 aromatic carbocycles. The third-order valence-corrected chi connectivity index (χ3v) is 3.50. The van der Waals surface area contributed by atoms with Crippen LogP contribution in [0.2, 0.25) is 0 Å². The fraction of sp³-hybridized carbons (Fsp3) is 0.143. The summed E-state index contributed by atoms with van der Waals surface area (Å²) in [5.41, 5.74) is 6.96. The molecule has 0 aromatic heterocycles. The Morgan fingerprint density at radius 1 is 1.25 bits per heavy atom. The molecule has 2 aromatic rings. The number of hydrogen-bond acceptors (Lipinski definition) is 5. The SMILES string of the molecule is COc1cc2c3c(cccc3c1CN)C(=O)N(O)C2=O. The molecule has 0 atom stereocenters. The van der Waals surface area contributed by atoms with Gasteiger partial charge in [0.05, 0.1) is 18.2 Å². The van der Waals surface area contributed by atoms with E-state index in [-0.39, 0.29) is 22.7 Å². The molecule has 0 spiro atoms. The first-order valence-electron chi connectivity index (χ1n) is 6.00. The van der Waals surface area contributed by atoms with Gasteiger partial charge in [-0.25, -0.2) is 0 Å². The highest BCUT2D eigenvalue weighted by molar-refractivity contribution is 6.25. The molecule has 0 aliphatic carbocycles. The minimum absolute atomic E-state index is 0.124. The molecule has 0 fully saturated rings. The molecule has 0 unspecified atom stereocenters. The zero-order valence-electron chi connectivity index (χ0n) is 10.7. The van der Waals surface area contributed by atoms with Crippen molar-refractivity contribution in [1.82, 2.24) is 5.06 Å². The van der Waals surface area contributed by atoms with Crippen LogP contribution >= 0.6 is 0 Å². The maximum Gasteiger partial charge on any atom is 0.285 e. The quantitative estimate of drug-likeness (QED) is 0.634. The van der Waals surface area contributed by atoms with E-state index in [2.05, 4.69) is 0 Å². The van der Waals surface area contributed by atoms with Crippen LogP contribution in [0.5, 0.6) is 5.75 Å². The van der Waals surface area contributed by atoms with Gasteiger partial charge in [0.25, 0.3) is 11.8 Å². The van der Waals surface area contributed by atoms with Gasteiger partial charge in [-0.15, -0.1) is 5.06 Å². The summed E-state index contributed by atoms with van der Waals surface area (Å²) < 4.78 is 5.24. The Morgan fingerprint density at radius 3 is 2.60 bits per heavy atom. The molecule has 3 rings (SSSR count). The second-order valence-corrected chi connectivity index (χ2v) is 4.46. The number of benzene rings is 2. The minimum Gasteiger partial charge on any atom is -0.496 e. The maximum absolute atomic E-state index is 12.0. The van der Waals surface area contributed by atoms with E-state index in [1.54, 1.807) is 18.2 Å². The summed E-state index contributed by atoms with van der Waals surface area (Å²) in [5.74, 6) is -1.04. The van der Waals surface area contributed by atoms with Crippen molar-refractivity contribution in [3.63, 3.8) is 0 Å². The number of amides is 2. The maximum atomic E-state index is 12.0. The van der Waals surface area contributed by atoms with Gasteiger partial charge in [-0.2, -0.15) is 0 Å². The Balaban J connectivity index is 2.51. The van der Waals surface area contributed by atoms with Crippen LogP contribution in [-0.2, 0) is 6.54 Å². The summed E-state index contributed by atoms with van der Waals surface area (Å²) in [7, 11) is 1.48. The second kappa shape index (κ2) is 4.29. The molecule has 6 heteroatoms. The van der Waals surface area contributed by atoms with E-state index in [0.717, 1.165) is 5.56 Å². The van der Waals surface area contributed by atoms with Gasteiger partial charge in [0.1, 0.15) is 5.75 Å². The lowest BCUT2D eigenvalue weighted by Crippen LogP contribution is -2.37. The summed E-state index contributed by atoms with van der Waals surface area (Å²) in [5, 5.41) is 10.9. The van der Waals surface area contributed by atoms with Crippen molar-refractivity contribution in [2.24, 2.45) is 5.73 Å². The van der Waals surface area contributed by atoms with Crippen LogP contribution in [0.1, 0.15) is 26.3 Å². The average Bonchev–Trinajstić information content (AvgIpc) is 2.49.